The average Bonchev–Trinajstić information content (AvgIpc) is 3.35. The van der Waals surface area contributed by atoms with E-state index in [4.69, 9.17) is 4.55 Å². The van der Waals surface area contributed by atoms with Crippen molar-refractivity contribution in [2.24, 2.45) is 5.41 Å². The van der Waals surface area contributed by atoms with Gasteiger partial charge in [0.15, 0.2) is 0 Å². The van der Waals surface area contributed by atoms with Crippen molar-refractivity contribution in [3.8, 4) is 0 Å². The maximum Gasteiger partial charge on any atom is 0.331 e. The molecule has 1 aromatic heterocycles. The molecule has 0 bridgehead atoms. The smallest absolute Gasteiger partial charge is 0.296 e. The van der Waals surface area contributed by atoms with Gasteiger partial charge >= 0.3 is 5.69 Å². The van der Waals surface area contributed by atoms with E-state index in [2.05, 4.69) is 0 Å². The second-order valence-electron chi connectivity index (χ2n) is 7.14. The van der Waals surface area contributed by atoms with E-state index in [0.29, 0.717) is 12.1 Å². The average molecular weight is 378 g/mol. The van der Waals surface area contributed by atoms with Crippen molar-refractivity contribution >= 4 is 10.1 Å². The zero-order chi connectivity index (χ0) is 18.9. The molecule has 1 aliphatic rings. The molecule has 26 heavy (non-hydrogen) atoms. The van der Waals surface area contributed by atoms with E-state index in [1.807, 2.05) is 30.3 Å². The van der Waals surface area contributed by atoms with Gasteiger partial charge in [-0.05, 0) is 37.2 Å². The fourth-order valence-corrected chi connectivity index (χ4v) is 3.87. The molecular formula is C18H22N2O5S. The Balaban J connectivity index is 1.90. The summed E-state index contributed by atoms with van der Waals surface area (Å²) in [5.41, 5.74) is 0.259. The van der Waals surface area contributed by atoms with Crippen LogP contribution in [0.1, 0.15) is 30.4 Å². The van der Waals surface area contributed by atoms with E-state index in [1.165, 1.54) is 9.13 Å². The number of hydrogen-bond acceptors (Lipinski definition) is 4. The van der Waals surface area contributed by atoms with Gasteiger partial charge in [-0.1, -0.05) is 30.3 Å². The maximum absolute atomic E-state index is 12.8. The van der Waals surface area contributed by atoms with E-state index in [1.54, 1.807) is 13.1 Å². The van der Waals surface area contributed by atoms with Gasteiger partial charge in [-0.2, -0.15) is 8.42 Å². The summed E-state index contributed by atoms with van der Waals surface area (Å²) in [6.07, 6.45) is 3.28. The first-order chi connectivity index (χ1) is 12.2. The molecule has 0 atom stereocenters. The van der Waals surface area contributed by atoms with Gasteiger partial charge in [0, 0.05) is 18.3 Å². The molecule has 0 unspecified atom stereocenters. The van der Waals surface area contributed by atoms with Gasteiger partial charge in [0.05, 0.1) is 12.3 Å². The number of aromatic nitrogens is 2. The first kappa shape index (κ1) is 18.6. The third-order valence-electron chi connectivity index (χ3n) is 4.95. The number of nitrogens with zero attached hydrogens (tertiary/aromatic N) is 2. The Bertz CT molecular complexity index is 1020. The molecular weight excluding hydrogens is 356 g/mol. The van der Waals surface area contributed by atoms with Crippen molar-refractivity contribution in [2.75, 3.05) is 5.75 Å². The van der Waals surface area contributed by atoms with Crippen LogP contribution in [-0.2, 0) is 23.2 Å². The monoisotopic (exact) mass is 378 g/mol. The Morgan fingerprint density at radius 2 is 1.81 bits per heavy atom. The minimum absolute atomic E-state index is 0.177. The summed E-state index contributed by atoms with van der Waals surface area (Å²) in [5, 5.41) is 0. The van der Waals surface area contributed by atoms with Crippen LogP contribution in [0.15, 0.2) is 46.1 Å². The van der Waals surface area contributed by atoms with Crippen LogP contribution in [0.3, 0.4) is 0 Å². The summed E-state index contributed by atoms with van der Waals surface area (Å²) in [6.45, 7) is 2.20. The highest BCUT2D eigenvalue weighted by molar-refractivity contribution is 7.85. The quantitative estimate of drug-likeness (QED) is 0.735. The predicted octanol–water partition coefficient (Wildman–Crippen LogP) is 1.42. The van der Waals surface area contributed by atoms with Gasteiger partial charge in [0.25, 0.3) is 15.7 Å². The highest BCUT2D eigenvalue weighted by atomic mass is 32.2. The Morgan fingerprint density at radius 1 is 1.15 bits per heavy atom. The van der Waals surface area contributed by atoms with Crippen molar-refractivity contribution in [3.63, 3.8) is 0 Å². The summed E-state index contributed by atoms with van der Waals surface area (Å²) >= 11 is 0. The van der Waals surface area contributed by atoms with Crippen LogP contribution in [-0.4, -0.2) is 27.9 Å². The molecule has 140 valence electrons. The molecule has 1 heterocycles. The molecule has 7 nitrogen and oxygen atoms in total. The van der Waals surface area contributed by atoms with Crippen LogP contribution < -0.4 is 11.2 Å². The molecule has 1 fully saturated rings. The normalized spacial score (nSPS) is 15.8. The number of aryl methyl sites for hydroxylation is 1. The lowest BCUT2D eigenvalue weighted by molar-refractivity contribution is 0.377. The minimum atomic E-state index is -4.06. The Labute approximate surface area is 151 Å². The van der Waals surface area contributed by atoms with Crippen molar-refractivity contribution in [1.82, 2.24) is 9.13 Å². The molecule has 0 radical (unpaired) electrons. The summed E-state index contributed by atoms with van der Waals surface area (Å²) in [4.78, 5) is 25.3. The lowest BCUT2D eigenvalue weighted by atomic mass is 10.0. The van der Waals surface area contributed by atoms with E-state index < -0.39 is 21.2 Å². The lowest BCUT2D eigenvalue weighted by Crippen LogP contribution is -2.42. The van der Waals surface area contributed by atoms with Crippen molar-refractivity contribution in [2.45, 2.75) is 39.3 Å². The molecule has 1 N–H and O–H groups in total. The van der Waals surface area contributed by atoms with Crippen molar-refractivity contribution < 1.29 is 13.0 Å². The van der Waals surface area contributed by atoms with Crippen molar-refractivity contribution in [3.05, 3.63) is 68.5 Å². The van der Waals surface area contributed by atoms with Gasteiger partial charge in [0.2, 0.25) is 0 Å². The van der Waals surface area contributed by atoms with Crippen molar-refractivity contribution in [1.29, 1.82) is 0 Å². The predicted molar refractivity (Wildman–Crippen MR) is 97.9 cm³/mol. The molecule has 0 amide bonds. The third-order valence-corrected chi connectivity index (χ3v) is 5.67. The van der Waals surface area contributed by atoms with E-state index in [0.717, 1.165) is 18.4 Å². The molecule has 0 spiro atoms. The first-order valence-electron chi connectivity index (χ1n) is 8.49. The number of rotatable bonds is 7. The molecule has 1 aromatic carbocycles. The maximum atomic E-state index is 12.8. The molecule has 2 aromatic rings. The lowest BCUT2D eigenvalue weighted by Gasteiger charge is -2.17. The van der Waals surface area contributed by atoms with Gasteiger partial charge < -0.3 is 0 Å². The zero-order valence-corrected chi connectivity index (χ0v) is 15.4. The largest absolute Gasteiger partial charge is 0.331 e. The fourth-order valence-electron chi connectivity index (χ4n) is 3.18. The van der Waals surface area contributed by atoms with Crippen LogP contribution in [0.25, 0.3) is 0 Å². The second kappa shape index (κ2) is 6.85. The van der Waals surface area contributed by atoms with Crippen LogP contribution in [0.5, 0.6) is 0 Å². The first-order valence-corrected chi connectivity index (χ1v) is 10.1. The minimum Gasteiger partial charge on any atom is -0.296 e. The number of benzene rings is 1. The van der Waals surface area contributed by atoms with Crippen LogP contribution in [0, 0.1) is 12.3 Å². The summed E-state index contributed by atoms with van der Waals surface area (Å²) in [5.74, 6) is -0.355. The van der Waals surface area contributed by atoms with Crippen LogP contribution in [0.4, 0.5) is 0 Å². The van der Waals surface area contributed by atoms with E-state index >= 15 is 0 Å². The fraction of sp³-hybridized carbons (Fsp3) is 0.444. The Hall–Kier alpha value is -2.19. The van der Waals surface area contributed by atoms with Gasteiger partial charge in [-0.25, -0.2) is 4.79 Å². The molecule has 0 aliphatic heterocycles. The third kappa shape index (κ3) is 4.31. The molecule has 1 saturated carbocycles. The van der Waals surface area contributed by atoms with Gasteiger partial charge in [-0.3, -0.25) is 18.5 Å². The number of hydrogen-bond donors (Lipinski definition) is 1. The summed E-state index contributed by atoms with van der Waals surface area (Å²) in [7, 11) is -4.06. The Kier molecular flexibility index (Phi) is 4.90. The van der Waals surface area contributed by atoms with E-state index in [-0.39, 0.29) is 24.3 Å². The molecule has 1 aliphatic carbocycles. The summed E-state index contributed by atoms with van der Waals surface area (Å²) in [6, 6.07) is 9.48. The van der Waals surface area contributed by atoms with E-state index in [9.17, 15) is 18.0 Å². The topological polar surface area (TPSA) is 98.4 Å². The second-order valence-corrected chi connectivity index (χ2v) is 8.71. The van der Waals surface area contributed by atoms with Gasteiger partial charge in [-0.15, -0.1) is 0 Å². The van der Waals surface area contributed by atoms with Crippen LogP contribution in [0.2, 0.25) is 0 Å². The zero-order valence-electron chi connectivity index (χ0n) is 14.6. The highest BCUT2D eigenvalue weighted by Gasteiger charge is 2.44. The van der Waals surface area contributed by atoms with Gasteiger partial charge in [0.1, 0.15) is 0 Å². The standard InChI is InChI=1S/C18H22N2O5S/c1-14-11-19(12-15-5-3-2-4-6-15)17(22)20(16(14)21)13-18(7-8-18)9-10-26(23,24)25/h2-6,11H,7-10,12-13H2,1H3,(H,23,24,25). The summed E-state index contributed by atoms with van der Waals surface area (Å²) < 4.78 is 33.7. The SMILES string of the molecule is Cc1cn(Cc2ccccc2)c(=O)n(CC2(CCS(=O)(=O)O)CC2)c1=O. The van der Waals surface area contributed by atoms with Crippen LogP contribution >= 0.6 is 0 Å². The Morgan fingerprint density at radius 3 is 2.38 bits per heavy atom. The molecule has 0 saturated heterocycles. The molecule has 3 rings (SSSR count). The molecule has 8 heteroatoms. The highest BCUT2D eigenvalue weighted by Crippen LogP contribution is 2.50.